The van der Waals surface area contributed by atoms with Crippen LogP contribution in [0.25, 0.3) is 0 Å². The van der Waals surface area contributed by atoms with Crippen molar-refractivity contribution in [3.05, 3.63) is 36.4 Å². The number of amides is 1. The predicted octanol–water partition coefficient (Wildman–Crippen LogP) is 2.76. The minimum Gasteiger partial charge on any atom is -0.493 e. The summed E-state index contributed by atoms with van der Waals surface area (Å²) < 4.78 is 18.7. The Morgan fingerprint density at radius 3 is 2.65 bits per heavy atom. The fourth-order valence-corrected chi connectivity index (χ4v) is 5.82. The summed E-state index contributed by atoms with van der Waals surface area (Å²) in [4.78, 5) is 36.8. The second-order valence-electron chi connectivity index (χ2n) is 10.9. The number of benzene rings is 1. The van der Waals surface area contributed by atoms with Crippen LogP contribution in [0, 0.1) is 5.92 Å². The summed E-state index contributed by atoms with van der Waals surface area (Å²) in [5, 5.41) is 10.5. The second-order valence-corrected chi connectivity index (χ2v) is 10.9. The van der Waals surface area contributed by atoms with Crippen molar-refractivity contribution in [2.24, 2.45) is 5.92 Å². The maximum absolute atomic E-state index is 13.7. The number of methoxy groups -OCH3 is 1. The lowest BCUT2D eigenvalue weighted by Gasteiger charge is -2.30. The number of imidazole rings is 1. The molecular weight excluding hydrogens is 514 g/mol. The van der Waals surface area contributed by atoms with Gasteiger partial charge in [-0.15, -0.1) is 0 Å². The van der Waals surface area contributed by atoms with Gasteiger partial charge in [0.05, 0.1) is 25.9 Å². The third-order valence-electron chi connectivity index (χ3n) is 7.89. The first-order valence-electron chi connectivity index (χ1n) is 14.1. The van der Waals surface area contributed by atoms with Crippen LogP contribution in [0.5, 0.6) is 17.2 Å². The van der Waals surface area contributed by atoms with Crippen molar-refractivity contribution in [2.75, 3.05) is 60.7 Å². The molecule has 1 saturated heterocycles. The zero-order valence-corrected chi connectivity index (χ0v) is 24.1. The molecule has 2 aliphatic rings. The number of hydrogen-bond acceptors (Lipinski definition) is 8. The maximum Gasteiger partial charge on any atom is 0.308 e. The van der Waals surface area contributed by atoms with Crippen LogP contribution in [0.3, 0.4) is 0 Å². The quantitative estimate of drug-likeness (QED) is 0.354. The smallest absolute Gasteiger partial charge is 0.308 e. The molecule has 2 aliphatic heterocycles. The Kier molecular flexibility index (Phi) is 10.3. The molecule has 11 nitrogen and oxygen atoms in total. The van der Waals surface area contributed by atoms with Gasteiger partial charge in [0.15, 0.2) is 11.5 Å². The molecule has 2 aromatic rings. The summed E-state index contributed by atoms with van der Waals surface area (Å²) in [7, 11) is 5.62. The number of carbonyl (C=O) groups is 2. The van der Waals surface area contributed by atoms with E-state index in [1.165, 1.54) is 0 Å². The number of rotatable bonds is 15. The number of fused-ring (bicyclic) bond motifs is 1. The van der Waals surface area contributed by atoms with Crippen molar-refractivity contribution in [2.45, 2.75) is 51.1 Å². The number of aromatic nitrogens is 2. The summed E-state index contributed by atoms with van der Waals surface area (Å²) in [6, 6.07) is 3.37. The minimum atomic E-state index is -0.874. The number of likely N-dealkylation sites (tertiary alicyclic amines) is 1. The Hall–Kier alpha value is -3.31. The topological polar surface area (TPSA) is 110 Å². The van der Waals surface area contributed by atoms with E-state index in [0.29, 0.717) is 49.8 Å². The summed E-state index contributed by atoms with van der Waals surface area (Å²) >= 11 is 0. The van der Waals surface area contributed by atoms with Gasteiger partial charge in [0.2, 0.25) is 18.4 Å². The molecule has 0 radical (unpaired) electrons. The van der Waals surface area contributed by atoms with Gasteiger partial charge in [-0.1, -0.05) is 13.3 Å². The van der Waals surface area contributed by atoms with E-state index in [1.807, 2.05) is 41.9 Å². The summed E-state index contributed by atoms with van der Waals surface area (Å²) in [5.74, 6) is -0.281. The lowest BCUT2D eigenvalue weighted by molar-refractivity contribution is -0.144. The highest BCUT2D eigenvalue weighted by molar-refractivity contribution is 5.79. The third-order valence-corrected chi connectivity index (χ3v) is 7.89. The van der Waals surface area contributed by atoms with E-state index < -0.39 is 11.9 Å². The van der Waals surface area contributed by atoms with E-state index in [0.717, 1.165) is 31.4 Å². The summed E-state index contributed by atoms with van der Waals surface area (Å²) in [6.07, 6.45) is 8.73. The number of aliphatic carboxylic acids is 1. The van der Waals surface area contributed by atoms with Crippen LogP contribution < -0.4 is 14.2 Å². The van der Waals surface area contributed by atoms with Gasteiger partial charge < -0.3 is 33.7 Å². The highest BCUT2D eigenvalue weighted by Gasteiger charge is 2.47. The molecule has 0 saturated carbocycles. The molecule has 0 aliphatic carbocycles. The molecule has 4 rings (SSSR count). The van der Waals surface area contributed by atoms with Gasteiger partial charge in [0.25, 0.3) is 0 Å². The second kappa shape index (κ2) is 13.8. The Bertz CT molecular complexity index is 1120. The van der Waals surface area contributed by atoms with Gasteiger partial charge in [-0.25, -0.2) is 4.98 Å². The van der Waals surface area contributed by atoms with Crippen molar-refractivity contribution >= 4 is 11.9 Å². The molecule has 1 amide bonds. The zero-order chi connectivity index (χ0) is 28.6. The van der Waals surface area contributed by atoms with Crippen LogP contribution >= 0.6 is 0 Å². The highest BCUT2D eigenvalue weighted by Crippen LogP contribution is 2.47. The predicted molar refractivity (Wildman–Crippen MR) is 150 cm³/mol. The van der Waals surface area contributed by atoms with E-state index >= 15 is 0 Å². The highest BCUT2D eigenvalue weighted by atomic mass is 16.7. The fraction of sp³-hybridized carbons (Fsp3) is 0.621. The molecule has 220 valence electrons. The van der Waals surface area contributed by atoms with Crippen molar-refractivity contribution in [1.82, 2.24) is 24.3 Å². The van der Waals surface area contributed by atoms with E-state index in [2.05, 4.69) is 21.7 Å². The fourth-order valence-electron chi connectivity index (χ4n) is 5.82. The van der Waals surface area contributed by atoms with Crippen LogP contribution in [-0.4, -0.2) is 108 Å². The SMILES string of the molecule is CCCCN(CCCN(C)C)C(=O)CN1CC(c2cc(OC)c3c(c2)OCO3)C(C(=O)O)C1CCn1ccnc1. The van der Waals surface area contributed by atoms with Gasteiger partial charge >= 0.3 is 5.97 Å². The molecule has 1 aromatic carbocycles. The number of carboxylic acids is 1. The van der Waals surface area contributed by atoms with E-state index in [1.54, 1.807) is 19.6 Å². The average molecular weight is 558 g/mol. The van der Waals surface area contributed by atoms with Crippen LogP contribution in [0.2, 0.25) is 0 Å². The van der Waals surface area contributed by atoms with Crippen molar-refractivity contribution in [3.8, 4) is 17.2 Å². The van der Waals surface area contributed by atoms with Crippen molar-refractivity contribution in [1.29, 1.82) is 0 Å². The number of carbonyl (C=O) groups excluding carboxylic acids is 1. The Morgan fingerprint density at radius 2 is 1.98 bits per heavy atom. The Labute approximate surface area is 236 Å². The first kappa shape index (κ1) is 29.7. The van der Waals surface area contributed by atoms with Gasteiger partial charge in [-0.2, -0.15) is 0 Å². The molecule has 1 fully saturated rings. The molecule has 0 spiro atoms. The number of aryl methyl sites for hydroxylation is 1. The van der Waals surface area contributed by atoms with Crippen LogP contribution in [0.1, 0.15) is 44.1 Å². The molecule has 11 heteroatoms. The average Bonchev–Trinajstić information content (AvgIpc) is 3.68. The standard InChI is InChI=1S/C29H43N5O6/c1-5-6-11-33(12-7-10-31(2)3)26(35)18-34-17-22(21-15-24(38-4)28-25(16-21)39-20-40-28)27(29(36)37)23(34)8-13-32-14-9-30-19-32/h9,14-16,19,22-23,27H,5-8,10-13,17-18,20H2,1-4H3,(H,36,37). The first-order valence-corrected chi connectivity index (χ1v) is 14.1. The molecule has 3 atom stereocenters. The van der Waals surface area contributed by atoms with E-state index in [4.69, 9.17) is 14.2 Å². The summed E-state index contributed by atoms with van der Waals surface area (Å²) in [6.45, 7) is 5.76. The summed E-state index contributed by atoms with van der Waals surface area (Å²) in [5.41, 5.74) is 0.810. The van der Waals surface area contributed by atoms with Crippen LogP contribution in [0.4, 0.5) is 0 Å². The van der Waals surface area contributed by atoms with E-state index in [9.17, 15) is 14.7 Å². The molecule has 1 aromatic heterocycles. The maximum atomic E-state index is 13.7. The molecule has 3 heterocycles. The number of hydrogen-bond donors (Lipinski definition) is 1. The zero-order valence-electron chi connectivity index (χ0n) is 24.1. The van der Waals surface area contributed by atoms with Crippen LogP contribution in [0.15, 0.2) is 30.9 Å². The minimum absolute atomic E-state index is 0.0490. The molecule has 3 unspecified atom stereocenters. The third kappa shape index (κ3) is 7.06. The lowest BCUT2D eigenvalue weighted by atomic mass is 9.84. The monoisotopic (exact) mass is 557 g/mol. The molecular formula is C29H43N5O6. The van der Waals surface area contributed by atoms with Gasteiger partial charge in [0.1, 0.15) is 0 Å². The number of nitrogens with zero attached hydrogens (tertiary/aromatic N) is 5. The van der Waals surface area contributed by atoms with Crippen molar-refractivity contribution < 1.29 is 28.9 Å². The van der Waals surface area contributed by atoms with Gasteiger partial charge in [-0.3, -0.25) is 14.5 Å². The van der Waals surface area contributed by atoms with Crippen molar-refractivity contribution in [3.63, 3.8) is 0 Å². The number of carboxylic acid groups (broad SMARTS) is 1. The Balaban J connectivity index is 1.60. The van der Waals surface area contributed by atoms with E-state index in [-0.39, 0.29) is 31.2 Å². The van der Waals surface area contributed by atoms with Gasteiger partial charge in [0, 0.05) is 50.5 Å². The van der Waals surface area contributed by atoms with Crippen LogP contribution in [-0.2, 0) is 16.1 Å². The van der Waals surface area contributed by atoms with Gasteiger partial charge in [-0.05, 0) is 57.6 Å². The first-order chi connectivity index (χ1) is 19.3. The number of unbranched alkanes of at least 4 members (excludes halogenated alkanes) is 1. The largest absolute Gasteiger partial charge is 0.493 e. The number of ether oxygens (including phenoxy) is 3. The molecule has 0 bridgehead atoms. The Morgan fingerprint density at radius 1 is 1.18 bits per heavy atom. The normalized spacial score (nSPS) is 20.3. The lowest BCUT2D eigenvalue weighted by Crippen LogP contribution is -2.45. The molecule has 40 heavy (non-hydrogen) atoms. The molecule has 1 N–H and O–H groups in total.